The molecule has 0 bridgehead atoms. The van der Waals surface area contributed by atoms with Gasteiger partial charge in [-0.05, 0) is 24.6 Å². The van der Waals surface area contributed by atoms with E-state index in [1.54, 1.807) is 24.3 Å². The molecule has 112 valence electrons. The number of nitrogens with two attached hydrogens (primary N) is 1. The molecule has 0 fully saturated rings. The minimum atomic E-state index is -3.14. The Bertz CT molecular complexity index is 543. The first-order valence-corrected chi connectivity index (χ1v) is 8.10. The predicted molar refractivity (Wildman–Crippen MR) is 79.2 cm³/mol. The number of carbonyl (C=O) groups is 1. The molecule has 0 aliphatic carbocycles. The molecule has 0 saturated carbocycles. The van der Waals surface area contributed by atoms with E-state index in [2.05, 4.69) is 5.32 Å². The quantitative estimate of drug-likeness (QED) is 0.699. The Morgan fingerprint density at radius 3 is 2.75 bits per heavy atom. The van der Waals surface area contributed by atoms with E-state index in [0.717, 1.165) is 0 Å². The molecule has 0 aliphatic heterocycles. The zero-order chi connectivity index (χ0) is 15.0. The first-order valence-electron chi connectivity index (χ1n) is 6.28. The molecule has 0 aromatic heterocycles. The second kappa shape index (κ2) is 7.86. The smallest absolute Gasteiger partial charge is 0.224 e. The van der Waals surface area contributed by atoms with Gasteiger partial charge in [0.25, 0.3) is 0 Å². The number of carbonyl (C=O) groups excluding carboxylic acids is 1. The fourth-order valence-corrected chi connectivity index (χ4v) is 2.81. The van der Waals surface area contributed by atoms with Gasteiger partial charge in [-0.3, -0.25) is 4.79 Å². The van der Waals surface area contributed by atoms with Crippen LogP contribution in [0.2, 0.25) is 0 Å². The van der Waals surface area contributed by atoms with Gasteiger partial charge in [0.2, 0.25) is 5.91 Å². The zero-order valence-corrected chi connectivity index (χ0v) is 12.3. The molecule has 0 unspecified atom stereocenters. The average Bonchev–Trinajstić information content (AvgIpc) is 2.36. The van der Waals surface area contributed by atoms with Crippen LogP contribution in [0.25, 0.3) is 0 Å². The maximum atomic E-state index is 11.7. The van der Waals surface area contributed by atoms with E-state index >= 15 is 0 Å². The van der Waals surface area contributed by atoms with Crippen molar-refractivity contribution in [3.63, 3.8) is 0 Å². The fourth-order valence-electron chi connectivity index (χ4n) is 1.60. The Morgan fingerprint density at radius 1 is 1.35 bits per heavy atom. The van der Waals surface area contributed by atoms with Gasteiger partial charge in [-0.25, -0.2) is 8.42 Å². The highest BCUT2D eigenvalue weighted by molar-refractivity contribution is 7.91. The molecule has 1 amide bonds. The highest BCUT2D eigenvalue weighted by atomic mass is 32.2. The van der Waals surface area contributed by atoms with Crippen molar-refractivity contribution in [3.8, 4) is 0 Å². The summed E-state index contributed by atoms with van der Waals surface area (Å²) < 4.78 is 27.8. The van der Waals surface area contributed by atoms with Crippen LogP contribution < -0.4 is 11.1 Å². The first kappa shape index (κ1) is 16.5. The predicted octanol–water partition coefficient (Wildman–Crippen LogP) is 1.05. The van der Waals surface area contributed by atoms with Crippen molar-refractivity contribution in [2.75, 3.05) is 36.3 Å². The molecule has 1 aromatic carbocycles. The first-order chi connectivity index (χ1) is 9.43. The Hall–Kier alpha value is -1.60. The third-order valence-electron chi connectivity index (χ3n) is 2.63. The zero-order valence-electron chi connectivity index (χ0n) is 11.5. The van der Waals surface area contributed by atoms with Crippen LogP contribution in [0, 0.1) is 0 Å². The van der Waals surface area contributed by atoms with Crippen molar-refractivity contribution in [1.82, 2.24) is 0 Å². The number of methoxy groups -OCH3 is 1. The second-order valence-corrected chi connectivity index (χ2v) is 6.73. The number of nitrogen functional groups attached to an aromatic ring is 1. The van der Waals surface area contributed by atoms with Crippen molar-refractivity contribution in [3.05, 3.63) is 24.3 Å². The van der Waals surface area contributed by atoms with Gasteiger partial charge in [-0.1, -0.05) is 6.07 Å². The number of nitrogens with one attached hydrogen (secondary N) is 1. The summed E-state index contributed by atoms with van der Waals surface area (Å²) in [6.07, 6.45) is 0.446. The van der Waals surface area contributed by atoms with Crippen molar-refractivity contribution in [2.45, 2.75) is 12.8 Å². The Labute approximate surface area is 119 Å². The number of benzene rings is 1. The van der Waals surface area contributed by atoms with Crippen LogP contribution in [0.4, 0.5) is 11.4 Å². The number of amides is 1. The van der Waals surface area contributed by atoms with E-state index in [1.165, 1.54) is 7.11 Å². The van der Waals surface area contributed by atoms with Gasteiger partial charge in [-0.15, -0.1) is 0 Å². The van der Waals surface area contributed by atoms with Crippen LogP contribution in [-0.2, 0) is 19.4 Å². The number of hydrogen-bond acceptors (Lipinski definition) is 5. The molecule has 1 aromatic rings. The summed E-state index contributed by atoms with van der Waals surface area (Å²) in [6.45, 7) is 0.178. The topological polar surface area (TPSA) is 98.5 Å². The van der Waals surface area contributed by atoms with Gasteiger partial charge in [-0.2, -0.15) is 0 Å². The largest absolute Gasteiger partial charge is 0.399 e. The average molecular weight is 300 g/mol. The molecule has 6 nitrogen and oxygen atoms in total. The lowest BCUT2D eigenvalue weighted by Crippen LogP contribution is -2.17. The minimum absolute atomic E-state index is 0.0132. The summed E-state index contributed by atoms with van der Waals surface area (Å²) in [4.78, 5) is 11.7. The van der Waals surface area contributed by atoms with E-state index in [0.29, 0.717) is 17.8 Å². The summed E-state index contributed by atoms with van der Waals surface area (Å²) in [7, 11) is -1.69. The van der Waals surface area contributed by atoms with Crippen molar-refractivity contribution in [1.29, 1.82) is 0 Å². The van der Waals surface area contributed by atoms with Crippen LogP contribution in [0.15, 0.2) is 24.3 Å². The normalized spacial score (nSPS) is 11.2. The maximum absolute atomic E-state index is 11.7. The Balaban J connectivity index is 2.33. The SMILES string of the molecule is COCCS(=O)(=O)CCCC(=O)Nc1cccc(N)c1. The van der Waals surface area contributed by atoms with Gasteiger partial charge < -0.3 is 15.8 Å². The standard InChI is InChI=1S/C13H20N2O4S/c1-19-7-9-20(17,18)8-3-6-13(16)15-12-5-2-4-11(14)10-12/h2,4-5,10H,3,6-9,14H2,1H3,(H,15,16). The molecule has 3 N–H and O–H groups in total. The maximum Gasteiger partial charge on any atom is 0.224 e. The molecular weight excluding hydrogens is 280 g/mol. The number of sulfone groups is 1. The number of rotatable bonds is 8. The van der Waals surface area contributed by atoms with Gasteiger partial charge in [0, 0.05) is 24.9 Å². The molecule has 0 saturated heterocycles. The molecule has 0 aliphatic rings. The van der Waals surface area contributed by atoms with Crippen molar-refractivity contribution >= 4 is 27.1 Å². The van der Waals surface area contributed by atoms with Crippen LogP contribution in [0.5, 0.6) is 0 Å². The van der Waals surface area contributed by atoms with E-state index in [9.17, 15) is 13.2 Å². The lowest BCUT2D eigenvalue weighted by molar-refractivity contribution is -0.116. The molecular formula is C13H20N2O4S. The third-order valence-corrected chi connectivity index (χ3v) is 4.33. The molecule has 7 heteroatoms. The summed E-state index contributed by atoms with van der Waals surface area (Å²) >= 11 is 0. The molecule has 1 rings (SSSR count). The molecule has 20 heavy (non-hydrogen) atoms. The summed E-state index contributed by atoms with van der Waals surface area (Å²) in [5, 5.41) is 2.67. The van der Waals surface area contributed by atoms with Gasteiger partial charge >= 0.3 is 0 Å². The van der Waals surface area contributed by atoms with Crippen LogP contribution >= 0.6 is 0 Å². The van der Waals surface area contributed by atoms with E-state index in [1.807, 2.05) is 0 Å². The lowest BCUT2D eigenvalue weighted by atomic mass is 10.2. The highest BCUT2D eigenvalue weighted by Gasteiger charge is 2.11. The number of anilines is 2. The van der Waals surface area contributed by atoms with E-state index in [-0.39, 0.29) is 30.4 Å². The van der Waals surface area contributed by atoms with Crippen LogP contribution in [-0.4, -0.2) is 39.5 Å². The van der Waals surface area contributed by atoms with Crippen molar-refractivity contribution < 1.29 is 17.9 Å². The molecule has 0 spiro atoms. The summed E-state index contributed by atoms with van der Waals surface area (Å²) in [5.41, 5.74) is 6.76. The van der Waals surface area contributed by atoms with Crippen molar-refractivity contribution in [2.24, 2.45) is 0 Å². The van der Waals surface area contributed by atoms with E-state index in [4.69, 9.17) is 10.5 Å². The lowest BCUT2D eigenvalue weighted by Gasteiger charge is -2.06. The number of ether oxygens (including phenoxy) is 1. The highest BCUT2D eigenvalue weighted by Crippen LogP contribution is 2.12. The third kappa shape index (κ3) is 6.53. The molecule has 0 atom stereocenters. The minimum Gasteiger partial charge on any atom is -0.399 e. The van der Waals surface area contributed by atoms with E-state index < -0.39 is 9.84 Å². The Morgan fingerprint density at radius 2 is 2.10 bits per heavy atom. The van der Waals surface area contributed by atoms with Crippen LogP contribution in [0.3, 0.4) is 0 Å². The monoisotopic (exact) mass is 300 g/mol. The molecule has 0 radical (unpaired) electrons. The fraction of sp³-hybridized carbons (Fsp3) is 0.462. The van der Waals surface area contributed by atoms with Gasteiger partial charge in [0.1, 0.15) is 0 Å². The summed E-state index contributed by atoms with van der Waals surface area (Å²) in [5.74, 6) is -0.251. The second-order valence-electron chi connectivity index (χ2n) is 4.42. The van der Waals surface area contributed by atoms with Gasteiger partial charge in [0.05, 0.1) is 18.1 Å². The van der Waals surface area contributed by atoms with Crippen LogP contribution in [0.1, 0.15) is 12.8 Å². The molecule has 0 heterocycles. The number of hydrogen-bond donors (Lipinski definition) is 2. The van der Waals surface area contributed by atoms with Gasteiger partial charge in [0.15, 0.2) is 9.84 Å². The Kier molecular flexibility index (Phi) is 6.47. The summed E-state index contributed by atoms with van der Waals surface area (Å²) in [6, 6.07) is 6.83.